The lowest BCUT2D eigenvalue weighted by Crippen LogP contribution is -2.52. The Labute approximate surface area is 104 Å². The molecule has 1 aliphatic heterocycles. The fourth-order valence-electron chi connectivity index (χ4n) is 1.56. The van der Waals surface area contributed by atoms with Gasteiger partial charge in [-0.2, -0.15) is 11.8 Å². The van der Waals surface area contributed by atoms with Gasteiger partial charge in [-0.25, -0.2) is 9.59 Å². The summed E-state index contributed by atoms with van der Waals surface area (Å²) in [6, 6.07) is -1.67. The minimum absolute atomic E-state index is 0.416. The number of hydrogen-bond donors (Lipinski definition) is 3. The molecule has 0 aliphatic carbocycles. The van der Waals surface area contributed by atoms with Crippen LogP contribution in [0.15, 0.2) is 0 Å². The quantitative estimate of drug-likeness (QED) is 0.664. The number of aliphatic carboxylic acids is 1. The second-order valence-electron chi connectivity index (χ2n) is 3.96. The number of carboxylic acids is 1. The lowest BCUT2D eigenvalue weighted by Gasteiger charge is -2.24. The topological polar surface area (TPSA) is 89.9 Å². The number of rotatable bonds is 3. The van der Waals surface area contributed by atoms with E-state index in [1.165, 1.54) is 6.92 Å². The number of aliphatic hydroxyl groups is 1. The van der Waals surface area contributed by atoms with Crippen LogP contribution in [0.25, 0.3) is 0 Å². The fourth-order valence-corrected chi connectivity index (χ4v) is 2.45. The summed E-state index contributed by atoms with van der Waals surface area (Å²) >= 11 is 1.78. The molecule has 2 atom stereocenters. The molecule has 0 radical (unpaired) electrons. The molecule has 1 aliphatic rings. The first-order chi connectivity index (χ1) is 8.02. The Balaban J connectivity index is 2.53. The number of thioether (sulfide) groups is 1. The number of aliphatic hydroxyl groups excluding tert-OH is 1. The number of amides is 2. The van der Waals surface area contributed by atoms with E-state index in [2.05, 4.69) is 5.32 Å². The Morgan fingerprint density at radius 1 is 1.35 bits per heavy atom. The van der Waals surface area contributed by atoms with Gasteiger partial charge in [-0.1, -0.05) is 0 Å². The van der Waals surface area contributed by atoms with E-state index in [0.717, 1.165) is 17.9 Å². The predicted octanol–water partition coefficient (Wildman–Crippen LogP) is -0.0311. The summed E-state index contributed by atoms with van der Waals surface area (Å²) in [7, 11) is 0. The molecule has 1 rings (SSSR count). The normalized spacial score (nSPS) is 20.2. The molecule has 7 heteroatoms. The van der Waals surface area contributed by atoms with Crippen LogP contribution in [0.1, 0.15) is 13.3 Å². The van der Waals surface area contributed by atoms with E-state index in [-0.39, 0.29) is 0 Å². The smallest absolute Gasteiger partial charge is 0.328 e. The third-order valence-corrected chi connectivity index (χ3v) is 3.59. The summed E-state index contributed by atoms with van der Waals surface area (Å²) in [4.78, 5) is 24.2. The summed E-state index contributed by atoms with van der Waals surface area (Å²) in [5.41, 5.74) is 0. The lowest BCUT2D eigenvalue weighted by atomic mass is 10.2. The monoisotopic (exact) mass is 262 g/mol. The predicted molar refractivity (Wildman–Crippen MR) is 65.2 cm³/mol. The van der Waals surface area contributed by atoms with E-state index in [0.29, 0.717) is 13.1 Å². The maximum absolute atomic E-state index is 11.8. The first-order valence-electron chi connectivity index (χ1n) is 5.56. The molecule has 2 unspecified atom stereocenters. The highest BCUT2D eigenvalue weighted by atomic mass is 32.2. The van der Waals surface area contributed by atoms with Gasteiger partial charge in [0.05, 0.1) is 6.10 Å². The molecule has 98 valence electrons. The highest BCUT2D eigenvalue weighted by Gasteiger charge is 2.27. The highest BCUT2D eigenvalue weighted by Crippen LogP contribution is 2.10. The van der Waals surface area contributed by atoms with Crippen LogP contribution in [0.4, 0.5) is 4.79 Å². The summed E-state index contributed by atoms with van der Waals surface area (Å²) in [5.74, 6) is 0.653. The number of nitrogens with zero attached hydrogens (tertiary/aromatic N) is 1. The summed E-state index contributed by atoms with van der Waals surface area (Å²) in [6.07, 6.45) is -0.206. The van der Waals surface area contributed by atoms with Gasteiger partial charge in [0.1, 0.15) is 0 Å². The number of carbonyl (C=O) groups excluding carboxylic acids is 1. The van der Waals surface area contributed by atoms with Gasteiger partial charge in [-0.05, 0) is 19.1 Å². The van der Waals surface area contributed by atoms with Gasteiger partial charge in [0.15, 0.2) is 6.04 Å². The largest absolute Gasteiger partial charge is 0.480 e. The van der Waals surface area contributed by atoms with E-state index in [4.69, 9.17) is 5.11 Å². The van der Waals surface area contributed by atoms with Crippen molar-refractivity contribution < 1.29 is 19.8 Å². The summed E-state index contributed by atoms with van der Waals surface area (Å²) in [5, 5.41) is 20.5. The zero-order valence-corrected chi connectivity index (χ0v) is 10.6. The molecule has 0 bridgehead atoms. The van der Waals surface area contributed by atoms with Crippen molar-refractivity contribution >= 4 is 23.8 Å². The fraction of sp³-hybridized carbons (Fsp3) is 0.800. The Morgan fingerprint density at radius 2 is 2.06 bits per heavy atom. The standard InChI is InChI=1S/C10H18N2O4S/c1-7(13)8(9(14)15)11-10(16)12-3-2-5-17-6-4-12/h7-8,13H,2-6H2,1H3,(H,11,16)(H,14,15). The minimum atomic E-state index is -1.25. The molecular formula is C10H18N2O4S. The van der Waals surface area contributed by atoms with Crippen LogP contribution in [0.5, 0.6) is 0 Å². The van der Waals surface area contributed by atoms with Crippen LogP contribution in [-0.2, 0) is 4.79 Å². The number of nitrogens with one attached hydrogen (secondary N) is 1. The molecule has 6 nitrogen and oxygen atoms in total. The average molecular weight is 262 g/mol. The Morgan fingerprint density at radius 3 is 2.65 bits per heavy atom. The van der Waals surface area contributed by atoms with Gasteiger partial charge in [0.25, 0.3) is 0 Å². The Bertz CT molecular complexity index is 277. The van der Waals surface area contributed by atoms with E-state index in [1.807, 2.05) is 0 Å². The van der Waals surface area contributed by atoms with Crippen molar-refractivity contribution in [2.24, 2.45) is 0 Å². The molecule has 0 aromatic heterocycles. The third-order valence-electron chi connectivity index (χ3n) is 2.54. The molecule has 1 heterocycles. The molecule has 2 amide bonds. The second-order valence-corrected chi connectivity index (χ2v) is 5.18. The van der Waals surface area contributed by atoms with Gasteiger partial charge in [-0.3, -0.25) is 0 Å². The maximum atomic E-state index is 11.8. The van der Waals surface area contributed by atoms with E-state index in [9.17, 15) is 14.7 Å². The summed E-state index contributed by atoms with van der Waals surface area (Å²) < 4.78 is 0. The zero-order chi connectivity index (χ0) is 12.8. The molecule has 1 saturated heterocycles. The Kier molecular flexibility index (Phi) is 5.57. The van der Waals surface area contributed by atoms with Gasteiger partial charge in [-0.15, -0.1) is 0 Å². The van der Waals surface area contributed by atoms with Crippen LogP contribution in [0.2, 0.25) is 0 Å². The molecule has 17 heavy (non-hydrogen) atoms. The Hall–Kier alpha value is -0.950. The highest BCUT2D eigenvalue weighted by molar-refractivity contribution is 7.99. The van der Waals surface area contributed by atoms with Crippen molar-refractivity contribution in [3.63, 3.8) is 0 Å². The van der Waals surface area contributed by atoms with Crippen LogP contribution >= 0.6 is 11.8 Å². The van der Waals surface area contributed by atoms with E-state index in [1.54, 1.807) is 16.7 Å². The lowest BCUT2D eigenvalue weighted by molar-refractivity contribution is -0.141. The molecule has 0 aromatic carbocycles. The van der Waals surface area contributed by atoms with Crippen LogP contribution in [-0.4, -0.2) is 63.9 Å². The number of carbonyl (C=O) groups is 2. The van der Waals surface area contributed by atoms with Crippen molar-refractivity contribution in [3.05, 3.63) is 0 Å². The molecule has 0 aromatic rings. The number of hydrogen-bond acceptors (Lipinski definition) is 4. The number of carboxylic acid groups (broad SMARTS) is 1. The van der Waals surface area contributed by atoms with Crippen LogP contribution in [0.3, 0.4) is 0 Å². The maximum Gasteiger partial charge on any atom is 0.328 e. The van der Waals surface area contributed by atoms with Crippen LogP contribution < -0.4 is 5.32 Å². The van der Waals surface area contributed by atoms with Gasteiger partial charge >= 0.3 is 12.0 Å². The van der Waals surface area contributed by atoms with Crippen molar-refractivity contribution in [2.75, 3.05) is 24.6 Å². The van der Waals surface area contributed by atoms with Gasteiger partial charge in [0, 0.05) is 18.8 Å². The first kappa shape index (κ1) is 14.1. The zero-order valence-electron chi connectivity index (χ0n) is 9.76. The molecular weight excluding hydrogens is 244 g/mol. The van der Waals surface area contributed by atoms with E-state index < -0.39 is 24.1 Å². The number of urea groups is 1. The van der Waals surface area contributed by atoms with Crippen molar-refractivity contribution in [3.8, 4) is 0 Å². The first-order valence-corrected chi connectivity index (χ1v) is 6.72. The van der Waals surface area contributed by atoms with Gasteiger partial charge < -0.3 is 20.4 Å². The second kappa shape index (κ2) is 6.70. The SMILES string of the molecule is CC(O)C(NC(=O)N1CCCSCC1)C(=O)O. The van der Waals surface area contributed by atoms with Crippen molar-refractivity contribution in [2.45, 2.75) is 25.5 Å². The molecule has 0 spiro atoms. The van der Waals surface area contributed by atoms with Gasteiger partial charge in [0.2, 0.25) is 0 Å². The van der Waals surface area contributed by atoms with Crippen LogP contribution in [0, 0.1) is 0 Å². The van der Waals surface area contributed by atoms with Crippen molar-refractivity contribution in [1.29, 1.82) is 0 Å². The average Bonchev–Trinajstić information content (AvgIpc) is 2.52. The minimum Gasteiger partial charge on any atom is -0.480 e. The summed E-state index contributed by atoms with van der Waals surface area (Å²) in [6.45, 7) is 2.59. The third kappa shape index (κ3) is 4.43. The van der Waals surface area contributed by atoms with Crippen molar-refractivity contribution in [1.82, 2.24) is 10.2 Å². The molecule has 1 fully saturated rings. The van der Waals surface area contributed by atoms with E-state index >= 15 is 0 Å². The molecule has 3 N–H and O–H groups in total. The molecule has 0 saturated carbocycles.